The lowest BCUT2D eigenvalue weighted by Gasteiger charge is -2.34. The summed E-state index contributed by atoms with van der Waals surface area (Å²) in [5, 5.41) is 7.73. The van der Waals surface area contributed by atoms with E-state index in [-0.39, 0.29) is 18.2 Å². The van der Waals surface area contributed by atoms with Crippen molar-refractivity contribution in [3.05, 3.63) is 65.0 Å². The molecule has 1 atom stereocenters. The SMILES string of the molecule is CCS(=O)(=O)N1Cc2ccccc2C[C@H]1C(=O)Nc1nc(-c2ccc(NC(C)=O)cc2)cs1. The zero-order valence-corrected chi connectivity index (χ0v) is 19.9. The summed E-state index contributed by atoms with van der Waals surface area (Å²) in [6.45, 7) is 3.20. The Kier molecular flexibility index (Phi) is 6.59. The van der Waals surface area contributed by atoms with Crippen LogP contribution in [-0.4, -0.2) is 41.3 Å². The third kappa shape index (κ3) is 5.13. The molecule has 0 unspecified atom stereocenters. The highest BCUT2D eigenvalue weighted by Gasteiger charge is 2.38. The number of carbonyl (C=O) groups is 2. The van der Waals surface area contributed by atoms with Crippen molar-refractivity contribution in [3.8, 4) is 11.3 Å². The summed E-state index contributed by atoms with van der Waals surface area (Å²) in [6, 6.07) is 14.0. The van der Waals surface area contributed by atoms with Crippen LogP contribution in [0, 0.1) is 0 Å². The highest BCUT2D eigenvalue weighted by Crippen LogP contribution is 2.29. The summed E-state index contributed by atoms with van der Waals surface area (Å²) in [5.74, 6) is -0.622. The number of amides is 2. The lowest BCUT2D eigenvalue weighted by Crippen LogP contribution is -2.51. The van der Waals surface area contributed by atoms with Gasteiger partial charge in [-0.1, -0.05) is 36.4 Å². The third-order valence-electron chi connectivity index (χ3n) is 5.47. The van der Waals surface area contributed by atoms with Crippen molar-refractivity contribution in [2.45, 2.75) is 32.9 Å². The van der Waals surface area contributed by atoms with Crippen LogP contribution >= 0.6 is 11.3 Å². The summed E-state index contributed by atoms with van der Waals surface area (Å²) in [5.41, 5.74) is 4.08. The first-order valence-electron chi connectivity index (χ1n) is 10.5. The Morgan fingerprint density at radius 3 is 2.45 bits per heavy atom. The van der Waals surface area contributed by atoms with E-state index in [1.54, 1.807) is 19.1 Å². The standard InChI is InChI=1S/C23H24N4O4S2/c1-3-33(30,31)27-13-18-7-5-4-6-17(18)12-21(27)22(29)26-23-25-20(14-32-23)16-8-10-19(11-9-16)24-15(2)28/h4-11,14,21H,3,12-13H2,1-2H3,(H,24,28)(H,25,26,29)/t21-/m0/s1. The van der Waals surface area contributed by atoms with Gasteiger partial charge in [-0.25, -0.2) is 13.4 Å². The smallest absolute Gasteiger partial charge is 0.244 e. The maximum absolute atomic E-state index is 13.2. The van der Waals surface area contributed by atoms with E-state index in [4.69, 9.17) is 0 Å². The summed E-state index contributed by atoms with van der Waals surface area (Å²) in [6.07, 6.45) is 0.310. The first-order valence-corrected chi connectivity index (χ1v) is 13.0. The van der Waals surface area contributed by atoms with Crippen LogP contribution < -0.4 is 10.6 Å². The monoisotopic (exact) mass is 484 g/mol. The molecule has 1 aromatic heterocycles. The van der Waals surface area contributed by atoms with Gasteiger partial charge in [-0.05, 0) is 36.6 Å². The zero-order valence-electron chi connectivity index (χ0n) is 18.2. The van der Waals surface area contributed by atoms with E-state index < -0.39 is 22.0 Å². The van der Waals surface area contributed by atoms with Crippen molar-refractivity contribution in [1.29, 1.82) is 0 Å². The van der Waals surface area contributed by atoms with Crippen LogP contribution in [0.3, 0.4) is 0 Å². The predicted molar refractivity (Wildman–Crippen MR) is 129 cm³/mol. The molecule has 1 aliphatic heterocycles. The van der Waals surface area contributed by atoms with Gasteiger partial charge in [0.25, 0.3) is 0 Å². The number of hydrogen-bond donors (Lipinski definition) is 2. The second kappa shape index (κ2) is 9.42. The molecule has 2 heterocycles. The normalized spacial score (nSPS) is 16.1. The van der Waals surface area contributed by atoms with Crippen molar-refractivity contribution >= 4 is 44.0 Å². The van der Waals surface area contributed by atoms with Crippen LogP contribution in [0.5, 0.6) is 0 Å². The molecule has 2 N–H and O–H groups in total. The molecular formula is C23H24N4O4S2. The Labute approximate surface area is 196 Å². The van der Waals surface area contributed by atoms with Gasteiger partial charge in [-0.3, -0.25) is 9.59 Å². The summed E-state index contributed by atoms with van der Waals surface area (Å²) in [4.78, 5) is 28.8. The fraction of sp³-hybridized carbons (Fsp3) is 0.261. The van der Waals surface area contributed by atoms with Crippen LogP contribution in [0.4, 0.5) is 10.8 Å². The average Bonchev–Trinajstić information content (AvgIpc) is 3.26. The largest absolute Gasteiger partial charge is 0.326 e. The number of carbonyl (C=O) groups excluding carboxylic acids is 2. The lowest BCUT2D eigenvalue weighted by molar-refractivity contribution is -0.120. The first kappa shape index (κ1) is 23.1. The first-order chi connectivity index (χ1) is 15.8. The van der Waals surface area contributed by atoms with Gasteiger partial charge >= 0.3 is 0 Å². The van der Waals surface area contributed by atoms with E-state index >= 15 is 0 Å². The minimum atomic E-state index is -3.58. The highest BCUT2D eigenvalue weighted by molar-refractivity contribution is 7.89. The van der Waals surface area contributed by atoms with Crippen LogP contribution in [0.15, 0.2) is 53.9 Å². The van der Waals surface area contributed by atoms with Crippen LogP contribution in [-0.2, 0) is 32.6 Å². The quantitative estimate of drug-likeness (QED) is 0.557. The number of nitrogens with one attached hydrogen (secondary N) is 2. The number of rotatable bonds is 6. The fourth-order valence-corrected chi connectivity index (χ4v) is 5.71. The predicted octanol–water partition coefficient (Wildman–Crippen LogP) is 3.48. The second-order valence-corrected chi connectivity index (χ2v) is 10.8. The molecule has 8 nitrogen and oxygen atoms in total. The lowest BCUT2D eigenvalue weighted by atomic mass is 9.95. The van der Waals surface area contributed by atoms with Crippen molar-refractivity contribution in [2.24, 2.45) is 0 Å². The van der Waals surface area contributed by atoms with E-state index in [0.717, 1.165) is 16.7 Å². The van der Waals surface area contributed by atoms with E-state index in [1.807, 2.05) is 41.8 Å². The molecule has 0 bridgehead atoms. The van der Waals surface area contributed by atoms with Crippen LogP contribution in [0.25, 0.3) is 11.3 Å². The van der Waals surface area contributed by atoms with Crippen LogP contribution in [0.1, 0.15) is 25.0 Å². The number of thiazole rings is 1. The average molecular weight is 485 g/mol. The maximum Gasteiger partial charge on any atom is 0.244 e. The van der Waals surface area contributed by atoms with Gasteiger partial charge in [0.2, 0.25) is 21.8 Å². The number of anilines is 2. The Hall–Kier alpha value is -3.08. The van der Waals surface area contributed by atoms with E-state index in [2.05, 4.69) is 15.6 Å². The molecule has 0 saturated heterocycles. The molecule has 4 rings (SSSR count). The topological polar surface area (TPSA) is 108 Å². The maximum atomic E-state index is 13.2. The van der Waals surface area contributed by atoms with Crippen LogP contribution in [0.2, 0.25) is 0 Å². The molecule has 3 aromatic rings. The molecule has 0 aliphatic carbocycles. The Balaban J connectivity index is 1.52. The number of aromatic nitrogens is 1. The molecule has 10 heteroatoms. The molecule has 33 heavy (non-hydrogen) atoms. The molecule has 2 aromatic carbocycles. The summed E-state index contributed by atoms with van der Waals surface area (Å²) < 4.78 is 26.7. The van der Waals surface area contributed by atoms with E-state index in [9.17, 15) is 18.0 Å². The van der Waals surface area contributed by atoms with Gasteiger partial charge in [0, 0.05) is 30.1 Å². The Morgan fingerprint density at radius 1 is 1.09 bits per heavy atom. The summed E-state index contributed by atoms with van der Waals surface area (Å²) >= 11 is 1.27. The van der Waals surface area contributed by atoms with Crippen molar-refractivity contribution in [3.63, 3.8) is 0 Å². The minimum Gasteiger partial charge on any atom is -0.326 e. The van der Waals surface area contributed by atoms with E-state index in [1.165, 1.54) is 22.6 Å². The molecule has 1 aliphatic rings. The zero-order chi connectivity index (χ0) is 23.6. The molecule has 172 valence electrons. The highest BCUT2D eigenvalue weighted by atomic mass is 32.2. The molecule has 0 radical (unpaired) electrons. The van der Waals surface area contributed by atoms with Crippen molar-refractivity contribution in [2.75, 3.05) is 16.4 Å². The number of sulfonamides is 1. The Bertz CT molecular complexity index is 1290. The molecule has 0 spiro atoms. The molecule has 2 amide bonds. The van der Waals surface area contributed by atoms with Gasteiger partial charge in [0.15, 0.2) is 5.13 Å². The van der Waals surface area contributed by atoms with Gasteiger partial charge in [0.1, 0.15) is 6.04 Å². The minimum absolute atomic E-state index is 0.0746. The molecular weight excluding hydrogens is 460 g/mol. The van der Waals surface area contributed by atoms with E-state index in [0.29, 0.717) is 22.9 Å². The van der Waals surface area contributed by atoms with Gasteiger partial charge < -0.3 is 10.6 Å². The van der Waals surface area contributed by atoms with Gasteiger partial charge in [0.05, 0.1) is 11.4 Å². The van der Waals surface area contributed by atoms with Crippen molar-refractivity contribution < 1.29 is 18.0 Å². The number of fused-ring (bicyclic) bond motifs is 1. The molecule has 0 saturated carbocycles. The van der Waals surface area contributed by atoms with Crippen molar-refractivity contribution in [1.82, 2.24) is 9.29 Å². The second-order valence-electron chi connectivity index (χ2n) is 7.72. The molecule has 0 fully saturated rings. The third-order valence-corrected chi connectivity index (χ3v) is 8.05. The number of nitrogens with zero attached hydrogens (tertiary/aromatic N) is 2. The Morgan fingerprint density at radius 2 is 1.79 bits per heavy atom. The summed E-state index contributed by atoms with van der Waals surface area (Å²) in [7, 11) is -3.58. The number of benzene rings is 2. The fourth-order valence-electron chi connectivity index (χ4n) is 3.76. The number of hydrogen-bond acceptors (Lipinski definition) is 6. The van der Waals surface area contributed by atoms with Gasteiger partial charge in [-0.2, -0.15) is 4.31 Å². The van der Waals surface area contributed by atoms with Gasteiger partial charge in [-0.15, -0.1) is 11.3 Å².